The highest BCUT2D eigenvalue weighted by Crippen LogP contribution is 2.21. The van der Waals surface area contributed by atoms with E-state index in [0.29, 0.717) is 28.5 Å². The van der Waals surface area contributed by atoms with Gasteiger partial charge in [-0.15, -0.1) is 0 Å². The molecular weight excluding hydrogens is 328 g/mol. The molecule has 0 radical (unpaired) electrons. The number of aliphatic hydroxyl groups is 1. The molecule has 2 heterocycles. The fourth-order valence-electron chi connectivity index (χ4n) is 2.40. The Balaban J connectivity index is 1.50. The van der Waals surface area contributed by atoms with E-state index in [-0.39, 0.29) is 18.9 Å². The summed E-state index contributed by atoms with van der Waals surface area (Å²) in [5.41, 5.74) is 2.09. The van der Waals surface area contributed by atoms with Crippen molar-refractivity contribution >= 4 is 28.7 Å². The van der Waals surface area contributed by atoms with Crippen LogP contribution in [0.25, 0.3) is 11.2 Å². The summed E-state index contributed by atoms with van der Waals surface area (Å²) in [4.78, 5) is 23.5. The summed E-state index contributed by atoms with van der Waals surface area (Å²) in [6.45, 7) is 0.115. The number of nitrogens with zero attached hydrogens (tertiary/aromatic N) is 2. The maximum Gasteiger partial charge on any atom is 0.220 e. The second-order valence-corrected chi connectivity index (χ2v) is 5.81. The number of fused-ring (bicyclic) bond motifs is 1. The van der Waals surface area contributed by atoms with Crippen LogP contribution in [0.2, 0.25) is 5.02 Å². The fourth-order valence-corrected chi connectivity index (χ4v) is 2.66. The van der Waals surface area contributed by atoms with Crippen molar-refractivity contribution in [1.82, 2.24) is 20.3 Å². The molecule has 1 unspecified atom stereocenters. The Morgan fingerprint density at radius 2 is 2.12 bits per heavy atom. The van der Waals surface area contributed by atoms with Crippen molar-refractivity contribution in [3.63, 3.8) is 0 Å². The van der Waals surface area contributed by atoms with E-state index >= 15 is 0 Å². The van der Waals surface area contributed by atoms with E-state index in [2.05, 4.69) is 20.3 Å². The van der Waals surface area contributed by atoms with Crippen LogP contribution in [0.3, 0.4) is 0 Å². The number of H-pyrrole nitrogens is 1. The topological polar surface area (TPSA) is 90.9 Å². The molecule has 6 nitrogen and oxygen atoms in total. The Morgan fingerprint density at radius 3 is 2.92 bits per heavy atom. The van der Waals surface area contributed by atoms with Gasteiger partial charge in [-0.3, -0.25) is 4.79 Å². The Hall–Kier alpha value is -2.44. The van der Waals surface area contributed by atoms with Gasteiger partial charge in [-0.25, -0.2) is 9.97 Å². The first kappa shape index (κ1) is 16.4. The molecule has 0 bridgehead atoms. The monoisotopic (exact) mass is 344 g/mol. The molecule has 0 fully saturated rings. The van der Waals surface area contributed by atoms with Crippen molar-refractivity contribution in [2.24, 2.45) is 0 Å². The molecule has 3 rings (SSSR count). The maximum absolute atomic E-state index is 11.9. The molecule has 0 saturated heterocycles. The Labute approximate surface area is 143 Å². The molecular formula is C17H17ClN4O2. The number of halogens is 1. The molecule has 24 heavy (non-hydrogen) atoms. The number of rotatable bonds is 6. The molecule has 0 aliphatic carbocycles. The van der Waals surface area contributed by atoms with Gasteiger partial charge in [-0.1, -0.05) is 29.8 Å². The summed E-state index contributed by atoms with van der Waals surface area (Å²) in [6.07, 6.45) is 1.59. The van der Waals surface area contributed by atoms with Gasteiger partial charge in [0.2, 0.25) is 5.91 Å². The normalized spacial score (nSPS) is 12.2. The van der Waals surface area contributed by atoms with Crippen LogP contribution in [0, 0.1) is 0 Å². The number of pyridine rings is 1. The van der Waals surface area contributed by atoms with Crippen LogP contribution in [0.1, 0.15) is 23.9 Å². The lowest BCUT2D eigenvalue weighted by molar-refractivity contribution is -0.121. The molecule has 3 N–H and O–H groups in total. The lowest BCUT2D eigenvalue weighted by Crippen LogP contribution is -2.28. The number of aromatic amines is 1. The number of aromatic nitrogens is 3. The largest absolute Gasteiger partial charge is 0.387 e. The first-order valence-corrected chi connectivity index (χ1v) is 8.00. The van der Waals surface area contributed by atoms with Gasteiger partial charge in [0.05, 0.1) is 11.6 Å². The maximum atomic E-state index is 11.9. The third kappa shape index (κ3) is 3.90. The smallest absolute Gasteiger partial charge is 0.220 e. The second-order valence-electron chi connectivity index (χ2n) is 5.40. The zero-order chi connectivity index (χ0) is 16.9. The fraction of sp³-hybridized carbons (Fsp3) is 0.235. The molecule has 1 atom stereocenters. The lowest BCUT2D eigenvalue weighted by Gasteiger charge is -2.13. The van der Waals surface area contributed by atoms with Gasteiger partial charge in [0, 0.05) is 36.2 Å². The number of imidazole rings is 1. The Kier molecular flexibility index (Phi) is 5.08. The van der Waals surface area contributed by atoms with Crippen LogP contribution in [0.15, 0.2) is 42.6 Å². The zero-order valence-electron chi connectivity index (χ0n) is 12.9. The van der Waals surface area contributed by atoms with Crippen LogP contribution < -0.4 is 5.32 Å². The number of aryl methyl sites for hydroxylation is 1. The standard InChI is InChI=1S/C17H17ClN4O2/c18-12-5-2-1-4-11(12)14(23)10-20-16(24)8-7-15-21-13-6-3-9-19-17(13)22-15/h1-6,9,14,23H,7-8,10H2,(H,20,24)(H,19,21,22). The number of carbonyl (C=O) groups excluding carboxylic acids is 1. The molecule has 1 aromatic carbocycles. The molecule has 0 aliphatic heterocycles. The van der Waals surface area contributed by atoms with E-state index in [1.807, 2.05) is 12.1 Å². The minimum Gasteiger partial charge on any atom is -0.387 e. The summed E-state index contributed by atoms with van der Waals surface area (Å²) >= 11 is 6.02. The number of benzene rings is 1. The van der Waals surface area contributed by atoms with Crippen molar-refractivity contribution in [3.8, 4) is 0 Å². The van der Waals surface area contributed by atoms with Gasteiger partial charge in [-0.2, -0.15) is 0 Å². The van der Waals surface area contributed by atoms with Crippen molar-refractivity contribution in [2.45, 2.75) is 18.9 Å². The van der Waals surface area contributed by atoms with E-state index in [9.17, 15) is 9.90 Å². The van der Waals surface area contributed by atoms with Crippen LogP contribution in [-0.4, -0.2) is 32.5 Å². The summed E-state index contributed by atoms with van der Waals surface area (Å²) in [5.74, 6) is 0.556. The van der Waals surface area contributed by atoms with Gasteiger partial charge in [0.15, 0.2) is 5.65 Å². The van der Waals surface area contributed by atoms with E-state index < -0.39 is 6.10 Å². The highest BCUT2D eigenvalue weighted by atomic mass is 35.5. The number of hydrogen-bond donors (Lipinski definition) is 3. The third-order valence-electron chi connectivity index (χ3n) is 3.65. The van der Waals surface area contributed by atoms with Gasteiger partial charge < -0.3 is 15.4 Å². The van der Waals surface area contributed by atoms with Crippen LogP contribution in [0.5, 0.6) is 0 Å². The Bertz CT molecular complexity index is 816. The average molecular weight is 345 g/mol. The Morgan fingerprint density at radius 1 is 1.29 bits per heavy atom. The van der Waals surface area contributed by atoms with E-state index in [1.54, 1.807) is 30.5 Å². The predicted octanol–water partition coefficient (Wildman–Crippen LogP) is 2.39. The highest BCUT2D eigenvalue weighted by molar-refractivity contribution is 6.31. The van der Waals surface area contributed by atoms with E-state index in [0.717, 1.165) is 5.52 Å². The van der Waals surface area contributed by atoms with Gasteiger partial charge in [-0.05, 0) is 18.2 Å². The van der Waals surface area contributed by atoms with Crippen LogP contribution >= 0.6 is 11.6 Å². The van der Waals surface area contributed by atoms with Crippen molar-refractivity contribution in [3.05, 3.63) is 59.0 Å². The number of carbonyl (C=O) groups is 1. The molecule has 7 heteroatoms. The molecule has 0 saturated carbocycles. The highest BCUT2D eigenvalue weighted by Gasteiger charge is 2.13. The lowest BCUT2D eigenvalue weighted by atomic mass is 10.1. The quantitative estimate of drug-likeness (QED) is 0.640. The summed E-state index contributed by atoms with van der Waals surface area (Å²) in [6, 6.07) is 10.7. The summed E-state index contributed by atoms with van der Waals surface area (Å²) < 4.78 is 0. The molecule has 2 aromatic heterocycles. The number of amides is 1. The van der Waals surface area contributed by atoms with E-state index in [4.69, 9.17) is 11.6 Å². The minimum absolute atomic E-state index is 0.115. The number of hydrogen-bond acceptors (Lipinski definition) is 4. The SMILES string of the molecule is O=C(CCc1nc2ncccc2[nH]1)NCC(O)c1ccccc1Cl. The van der Waals surface area contributed by atoms with Crippen molar-refractivity contribution in [1.29, 1.82) is 0 Å². The summed E-state index contributed by atoms with van der Waals surface area (Å²) in [7, 11) is 0. The van der Waals surface area contributed by atoms with Crippen molar-refractivity contribution < 1.29 is 9.90 Å². The molecule has 0 aliphatic rings. The van der Waals surface area contributed by atoms with Crippen LogP contribution in [0.4, 0.5) is 0 Å². The average Bonchev–Trinajstić information content (AvgIpc) is 3.01. The summed E-state index contributed by atoms with van der Waals surface area (Å²) in [5, 5.41) is 13.3. The van der Waals surface area contributed by atoms with Gasteiger partial charge >= 0.3 is 0 Å². The first-order chi connectivity index (χ1) is 11.6. The first-order valence-electron chi connectivity index (χ1n) is 7.62. The molecule has 0 spiro atoms. The van der Waals surface area contributed by atoms with Gasteiger partial charge in [0.25, 0.3) is 0 Å². The van der Waals surface area contributed by atoms with Crippen LogP contribution in [-0.2, 0) is 11.2 Å². The third-order valence-corrected chi connectivity index (χ3v) is 4.00. The molecule has 3 aromatic rings. The molecule has 124 valence electrons. The van der Waals surface area contributed by atoms with Crippen molar-refractivity contribution in [2.75, 3.05) is 6.54 Å². The number of aliphatic hydroxyl groups excluding tert-OH is 1. The minimum atomic E-state index is -0.835. The second kappa shape index (κ2) is 7.42. The molecule has 1 amide bonds. The predicted molar refractivity (Wildman–Crippen MR) is 91.6 cm³/mol. The van der Waals surface area contributed by atoms with E-state index in [1.165, 1.54) is 0 Å². The zero-order valence-corrected chi connectivity index (χ0v) is 13.6. The van der Waals surface area contributed by atoms with Gasteiger partial charge in [0.1, 0.15) is 5.82 Å². The number of nitrogens with one attached hydrogen (secondary N) is 2.